The smallest absolute Gasteiger partial charge is 0.384 e. The molecule has 18 nitrogen and oxygen atoms in total. The van der Waals surface area contributed by atoms with E-state index in [1.165, 1.54) is 0 Å². The molecule has 33 heavy (non-hydrogen) atoms. The monoisotopic (exact) mass is 543 g/mol. The van der Waals surface area contributed by atoms with Crippen LogP contribution in [0.2, 0.25) is 0 Å². The number of carbonyl (C=O) groups is 1. The Bertz CT molecular complexity index is 1100. The number of halogens is 1. The van der Waals surface area contributed by atoms with E-state index < -0.39 is 66.0 Å². The highest BCUT2D eigenvalue weighted by Gasteiger charge is 2.58. The van der Waals surface area contributed by atoms with Gasteiger partial charge in [-0.05, 0) is 6.07 Å². The van der Waals surface area contributed by atoms with Gasteiger partial charge >= 0.3 is 29.2 Å². The fraction of sp³-hybridized carbons (Fsp3) is 0.545. The molecule has 0 radical (unpaired) electrons. The van der Waals surface area contributed by atoms with Gasteiger partial charge in [-0.25, -0.2) is 22.9 Å². The molecule has 6 atom stereocenters. The molecule has 0 bridgehead atoms. The first-order valence-corrected chi connectivity index (χ1v) is 12.7. The predicted octanol–water partition coefficient (Wildman–Crippen LogP) is -1.54. The minimum Gasteiger partial charge on any atom is -0.384 e. The van der Waals surface area contributed by atoms with E-state index in [1.54, 1.807) is 0 Å². The second-order valence-electron chi connectivity index (χ2n) is 6.27. The maximum absolute atomic E-state index is 14.7. The van der Waals surface area contributed by atoms with Crippen LogP contribution in [0.15, 0.2) is 17.1 Å². The summed E-state index contributed by atoms with van der Waals surface area (Å²) in [6.45, 7) is -0.189. The number of carbonyl (C=O) groups excluding carboxylic acids is 1. The van der Waals surface area contributed by atoms with Gasteiger partial charge in [-0.3, -0.25) is 13.9 Å². The van der Waals surface area contributed by atoms with Crippen LogP contribution in [0, 0.1) is 0 Å². The molecule has 1 aromatic heterocycles. The van der Waals surface area contributed by atoms with Crippen molar-refractivity contribution >= 4 is 35.2 Å². The van der Waals surface area contributed by atoms with E-state index >= 15 is 0 Å². The molecule has 2 rings (SSSR count). The second kappa shape index (κ2) is 9.67. The minimum absolute atomic E-state index is 0.228. The Morgan fingerprint density at radius 1 is 1.27 bits per heavy atom. The molecule has 1 fully saturated rings. The number of amides is 1. The fourth-order valence-corrected chi connectivity index (χ4v) is 5.48. The lowest BCUT2D eigenvalue weighted by molar-refractivity contribution is -0.197. The molecule has 0 saturated carbocycles. The van der Waals surface area contributed by atoms with Gasteiger partial charge in [-0.1, -0.05) is 0 Å². The first-order chi connectivity index (χ1) is 14.8. The van der Waals surface area contributed by atoms with E-state index in [2.05, 4.69) is 23.4 Å². The third kappa shape index (κ3) is 7.53. The number of anilines is 1. The van der Waals surface area contributed by atoms with Crippen molar-refractivity contribution < 1.29 is 70.5 Å². The van der Waals surface area contributed by atoms with Crippen molar-refractivity contribution in [1.82, 2.24) is 9.55 Å². The molecular formula is C11H17FN3O15P3. The van der Waals surface area contributed by atoms with E-state index in [0.29, 0.717) is 4.57 Å². The lowest BCUT2D eigenvalue weighted by Gasteiger charge is -2.23. The Morgan fingerprint density at radius 2 is 1.88 bits per heavy atom. The van der Waals surface area contributed by atoms with E-state index in [9.17, 15) is 42.8 Å². The molecule has 7 N–H and O–H groups in total. The molecule has 1 saturated heterocycles. The number of rotatable bonds is 9. The maximum Gasteiger partial charge on any atom is 0.490 e. The largest absolute Gasteiger partial charge is 0.490 e. The maximum atomic E-state index is 14.7. The zero-order chi connectivity index (χ0) is 25.4. The van der Waals surface area contributed by atoms with Gasteiger partial charge in [0.2, 0.25) is 5.91 Å². The van der Waals surface area contributed by atoms with Crippen molar-refractivity contribution in [3.63, 3.8) is 0 Å². The minimum atomic E-state index is -5.83. The van der Waals surface area contributed by atoms with Crippen LogP contribution in [0.3, 0.4) is 0 Å². The zero-order valence-corrected chi connectivity index (χ0v) is 18.7. The summed E-state index contributed by atoms with van der Waals surface area (Å²) in [5.74, 6) is -4.50. The van der Waals surface area contributed by atoms with Crippen LogP contribution in [0.1, 0.15) is 13.2 Å². The summed E-state index contributed by atoms with van der Waals surface area (Å²) >= 11 is 0. The van der Waals surface area contributed by atoms with Gasteiger partial charge < -0.3 is 39.8 Å². The Balaban J connectivity index is 2.14. The van der Waals surface area contributed by atoms with Crippen LogP contribution >= 0.6 is 23.5 Å². The number of nitrogens with one attached hydrogen (secondary N) is 1. The molecule has 1 amide bonds. The average molecular weight is 543 g/mol. The summed E-state index contributed by atoms with van der Waals surface area (Å²) in [6.07, 6.45) is -5.94. The van der Waals surface area contributed by atoms with Crippen LogP contribution in [0.4, 0.5) is 10.2 Å². The number of phosphoric acid groups is 3. The molecule has 188 valence electrons. The molecule has 1 aliphatic heterocycles. The molecule has 1 aliphatic rings. The average Bonchev–Trinajstić information content (AvgIpc) is 2.80. The number of hydrogen-bond donors (Lipinski definition) is 7. The number of aliphatic hydroxyl groups is 2. The molecule has 2 unspecified atom stereocenters. The Morgan fingerprint density at radius 3 is 2.39 bits per heavy atom. The molecular weight excluding hydrogens is 526 g/mol. The Labute approximate surface area is 182 Å². The van der Waals surface area contributed by atoms with E-state index in [4.69, 9.17) is 19.4 Å². The fourth-order valence-electron chi connectivity index (χ4n) is 2.45. The molecule has 0 spiro atoms. The van der Waals surface area contributed by atoms with Gasteiger partial charge in [-0.2, -0.15) is 13.6 Å². The van der Waals surface area contributed by atoms with Crippen molar-refractivity contribution in [2.24, 2.45) is 0 Å². The lowest BCUT2D eigenvalue weighted by atomic mass is 10.1. The molecule has 2 heterocycles. The zero-order valence-electron chi connectivity index (χ0n) is 16.1. The second-order valence-corrected chi connectivity index (χ2v) is 10.7. The normalized spacial score (nSPS) is 29.3. The third-order valence-corrected chi connectivity index (χ3v) is 7.42. The van der Waals surface area contributed by atoms with E-state index in [0.717, 1.165) is 19.2 Å². The lowest BCUT2D eigenvalue weighted by Crippen LogP contribution is -2.45. The summed E-state index contributed by atoms with van der Waals surface area (Å²) in [5, 5.41) is 22.0. The van der Waals surface area contributed by atoms with Gasteiger partial charge in [-0.15, -0.1) is 0 Å². The number of alkyl halides is 1. The summed E-state index contributed by atoms with van der Waals surface area (Å²) in [5.41, 5.74) is -1.25. The van der Waals surface area contributed by atoms with Crippen LogP contribution in [0.5, 0.6) is 0 Å². The van der Waals surface area contributed by atoms with Crippen LogP contribution in [-0.4, -0.2) is 69.9 Å². The number of aromatic nitrogens is 2. The summed E-state index contributed by atoms with van der Waals surface area (Å²) < 4.78 is 64.8. The number of nitrogens with zero attached hydrogens (tertiary/aromatic N) is 2. The molecule has 0 aromatic carbocycles. The SMILES string of the molecule is CC(=O)Nc1ccn([C@@H]2O[C@H](COP(=O)(O)OP(=O)(O)OP(=O)(O)O)[C@@H](O)[C@]2(O)F)c(=O)n1. The highest BCUT2D eigenvalue weighted by Crippen LogP contribution is 2.66. The summed E-state index contributed by atoms with van der Waals surface area (Å²) in [7, 11) is -17.1. The quantitative estimate of drug-likeness (QED) is 0.174. The highest BCUT2D eigenvalue weighted by atomic mass is 31.3. The van der Waals surface area contributed by atoms with Crippen molar-refractivity contribution in [3.05, 3.63) is 22.7 Å². The van der Waals surface area contributed by atoms with Crippen molar-refractivity contribution in [1.29, 1.82) is 0 Å². The highest BCUT2D eigenvalue weighted by molar-refractivity contribution is 7.66. The van der Waals surface area contributed by atoms with Gasteiger partial charge in [0.1, 0.15) is 18.0 Å². The summed E-state index contributed by atoms with van der Waals surface area (Å²) in [6, 6.07) is 1.02. The van der Waals surface area contributed by atoms with Crippen molar-refractivity contribution in [2.45, 2.75) is 31.2 Å². The van der Waals surface area contributed by atoms with Crippen molar-refractivity contribution in [3.8, 4) is 0 Å². The predicted molar refractivity (Wildman–Crippen MR) is 98.6 cm³/mol. The van der Waals surface area contributed by atoms with Crippen LogP contribution < -0.4 is 11.0 Å². The van der Waals surface area contributed by atoms with Gasteiger partial charge in [0.15, 0.2) is 6.23 Å². The molecule has 1 aromatic rings. The van der Waals surface area contributed by atoms with E-state index in [1.807, 2.05) is 0 Å². The Kier molecular flexibility index (Phi) is 8.15. The first-order valence-electron chi connectivity index (χ1n) is 8.23. The number of aliphatic hydroxyl groups excluding tert-OH is 1. The topological polar surface area (TPSA) is 273 Å². The van der Waals surface area contributed by atoms with Crippen molar-refractivity contribution in [2.75, 3.05) is 11.9 Å². The van der Waals surface area contributed by atoms with E-state index in [-0.39, 0.29) is 5.82 Å². The van der Waals surface area contributed by atoms with Gasteiger partial charge in [0.05, 0.1) is 6.61 Å². The van der Waals surface area contributed by atoms with Gasteiger partial charge in [0.25, 0.3) is 5.85 Å². The number of phosphoric ester groups is 1. The number of ether oxygens (including phenoxy) is 1. The Hall–Kier alpha value is -1.43. The van der Waals surface area contributed by atoms with Gasteiger partial charge in [0, 0.05) is 13.1 Å². The van der Waals surface area contributed by atoms with Crippen LogP contribution in [0.25, 0.3) is 0 Å². The standard InChI is InChI=1S/C11H17FN3O15P3/c1-5(16)13-7-2-3-15(10(18)14-7)9-11(12,19)8(17)6(28-9)4-27-32(23,24)30-33(25,26)29-31(20,21)22/h2-3,6,8-9,17,19H,4H2,1H3,(H,23,24)(H,25,26)(H2,20,21,22)(H,13,14,16,18)/t6-,8-,9-,11-/m1/s1. The molecule has 22 heteroatoms. The summed E-state index contributed by atoms with van der Waals surface area (Å²) in [4.78, 5) is 61.9. The van der Waals surface area contributed by atoms with Crippen LogP contribution in [-0.2, 0) is 36.4 Å². The number of hydrogen-bond acceptors (Lipinski definition) is 12. The first kappa shape index (κ1) is 27.8. The third-order valence-electron chi connectivity index (χ3n) is 3.62. The molecule has 0 aliphatic carbocycles.